The highest BCUT2D eigenvalue weighted by Gasteiger charge is 2.60. The molecule has 21 heterocycles. The number of aliphatic hydroxyl groups is 20. The van der Waals surface area contributed by atoms with E-state index >= 15 is 0 Å². The van der Waals surface area contributed by atoms with Crippen LogP contribution in [0.25, 0.3) is 0 Å². The predicted molar refractivity (Wildman–Crippen MR) is 261 cm³/mol. The summed E-state index contributed by atoms with van der Waals surface area (Å²) >= 11 is 0. The van der Waals surface area contributed by atoms with Crippen LogP contribution < -0.4 is 0 Å². The first-order chi connectivity index (χ1) is 41.4. The molecular weight excluding hydrogens is 1200 g/mol. The molecule has 1 aromatic carbocycles. The lowest BCUT2D eigenvalue weighted by atomic mass is 9.95. The number of carbonyl (C=O) groups is 1. The fourth-order valence-corrected chi connectivity index (χ4v) is 11.3. The number of aliphatic hydroxyl groups excluding tert-OH is 20. The van der Waals surface area contributed by atoms with Crippen LogP contribution in [0.1, 0.15) is 10.4 Å². The number of aromatic hydroxyl groups is 2. The highest BCUT2D eigenvalue weighted by molar-refractivity contribution is 5.93. The maximum atomic E-state index is 13.3. The molecule has 87 heavy (non-hydrogen) atoms. The van der Waals surface area contributed by atoms with Crippen LogP contribution in [0.2, 0.25) is 0 Å². The molecule has 0 saturated carbocycles. The fraction of sp³-hybridized carbons (Fsp3) is 0.857. The largest absolute Gasteiger partial charge is 0.504 e. The van der Waals surface area contributed by atoms with Gasteiger partial charge < -0.3 is 183 Å². The van der Waals surface area contributed by atoms with Gasteiger partial charge in [0.2, 0.25) is 0 Å². The molecule has 22 N–H and O–H groups in total. The molecule has 22 rings (SSSR count). The lowest BCUT2D eigenvalue weighted by molar-refractivity contribution is -0.396. The number of carbonyl (C=O) groups excluding carboxylic acids is 1. The van der Waals surface area contributed by atoms with E-state index in [9.17, 15) is 117 Å². The topological polar surface area (TPSA) is 601 Å². The van der Waals surface area contributed by atoms with Crippen LogP contribution in [-0.4, -0.2) is 380 Å². The molecule has 0 aromatic heterocycles. The summed E-state index contributed by atoms with van der Waals surface area (Å²) in [4.78, 5) is 13.3. The molecule has 498 valence electrons. The molecule has 21 aliphatic rings. The molecule has 1 aromatic rings. The van der Waals surface area contributed by atoms with Gasteiger partial charge in [0.1, 0.15) is 183 Å². The van der Waals surface area contributed by atoms with Gasteiger partial charge >= 0.3 is 5.97 Å². The molecule has 38 nitrogen and oxygen atoms in total. The standard InChI is InChI=1S/C49H74O38/c50-4-13-35-22(59)29(66)44(75-13)83-37-15(6-52)77-46(31(68)24(37)61)85-39-17(8-54)79-48(33(70)26(39)63)87-41-19(10-73-42(72)11-2-1-3-12(56)20(11)57)80-49(34(71)27(41)64)86-40-18(9-55)78-47(32(69)25(40)62)84-38-16(7-53)76-45(30(67)23(38)60)82-36-14(5-51)74-43(81-35)28(65)21(36)58/h1-3,13-19,21-41,43-71H,4-10H2/t13-,14-,15-,16-,17-,18-,19-,21-,22-,23-,24-,25-,26-,27-,28-,29-,30-,31-,32-,33-,34-,35-,36-,37-,38-,39-,40-,41-,43-,44-,45-,46-,47-,48-,49-/m1/s1. The number of ether oxygens (including phenoxy) is 15. The second-order valence-electron chi connectivity index (χ2n) is 21.7. The fourth-order valence-electron chi connectivity index (χ4n) is 11.3. The summed E-state index contributed by atoms with van der Waals surface area (Å²) in [6, 6.07) is 3.21. The van der Waals surface area contributed by atoms with Gasteiger partial charge in [-0.2, -0.15) is 0 Å². The molecule has 21 saturated heterocycles. The third kappa shape index (κ3) is 13.6. The van der Waals surface area contributed by atoms with E-state index in [1.807, 2.05) is 0 Å². The second-order valence-corrected chi connectivity index (χ2v) is 21.7. The Balaban J connectivity index is 1.02. The summed E-state index contributed by atoms with van der Waals surface area (Å²) in [5, 5.41) is 243. The minimum absolute atomic E-state index is 0.610. The Hall–Kier alpha value is -3.07. The zero-order valence-electron chi connectivity index (χ0n) is 45.3. The Kier molecular flexibility index (Phi) is 22.6. The first kappa shape index (κ1) is 68.3. The van der Waals surface area contributed by atoms with E-state index in [0.29, 0.717) is 0 Å². The molecule has 14 bridgehead atoms. The quantitative estimate of drug-likeness (QED) is 0.0806. The average Bonchev–Trinajstić information content (AvgIpc) is 1.85. The van der Waals surface area contributed by atoms with Gasteiger partial charge in [0.05, 0.1) is 39.6 Å². The SMILES string of the molecule is O=C(OC[C@H]1O[C@@H]2O[C@H]3[C@H](O)[C@@H](O)[C@@H](O[C@H]4[C@H](O)[C@@H](O)[C@@H](O[C@H]5[C@H](O)[C@@H](O)[C@@H](O[C@H]6[C@H](O)[C@@H](O)[C@@H](O[C@H]7[C@H](O)[C@@H](O)[C@@H](O[C@H]8[C@H](O)[C@@H](O)[C@@H](O[C@H]1[C@H](O)[C@H]2O)O[C@@H]8CO)O[C@@H]7CO)O[C@@H]6CO)O[C@@H]5CO)O[C@@H]4CO)O[C@@H]3CO)c1cccc(O)c1O. The van der Waals surface area contributed by atoms with Crippen LogP contribution >= 0.6 is 0 Å². The Morgan fingerprint density at radius 2 is 0.517 bits per heavy atom. The van der Waals surface area contributed by atoms with E-state index < -0.39 is 284 Å². The van der Waals surface area contributed by atoms with Gasteiger partial charge in [0, 0.05) is 0 Å². The lowest BCUT2D eigenvalue weighted by Crippen LogP contribution is -2.68. The van der Waals surface area contributed by atoms with Gasteiger partial charge in [-0.15, -0.1) is 0 Å². The minimum atomic E-state index is -2.35. The van der Waals surface area contributed by atoms with E-state index in [4.69, 9.17) is 71.1 Å². The van der Waals surface area contributed by atoms with Gasteiger partial charge in [-0.25, -0.2) is 4.79 Å². The smallest absolute Gasteiger partial charge is 0.342 e. The van der Waals surface area contributed by atoms with Crippen molar-refractivity contribution in [1.29, 1.82) is 0 Å². The van der Waals surface area contributed by atoms with Gasteiger partial charge in [-0.1, -0.05) is 6.07 Å². The van der Waals surface area contributed by atoms with Crippen molar-refractivity contribution in [2.24, 2.45) is 0 Å². The Bertz CT molecular complexity index is 2350. The molecule has 0 amide bonds. The van der Waals surface area contributed by atoms with Crippen molar-refractivity contribution >= 4 is 5.97 Å². The molecule has 35 atom stereocenters. The molecule has 21 fully saturated rings. The van der Waals surface area contributed by atoms with Crippen molar-refractivity contribution in [1.82, 2.24) is 0 Å². The van der Waals surface area contributed by atoms with Crippen LogP contribution in [0.5, 0.6) is 11.5 Å². The van der Waals surface area contributed by atoms with Gasteiger partial charge in [0.25, 0.3) is 0 Å². The zero-order valence-corrected chi connectivity index (χ0v) is 45.3. The molecule has 21 aliphatic heterocycles. The first-order valence-electron chi connectivity index (χ1n) is 27.4. The van der Waals surface area contributed by atoms with E-state index in [-0.39, 0.29) is 0 Å². The summed E-state index contributed by atoms with van der Waals surface area (Å²) in [5.41, 5.74) is -0.610. The van der Waals surface area contributed by atoms with Crippen LogP contribution in [-0.2, 0) is 71.1 Å². The van der Waals surface area contributed by atoms with Gasteiger partial charge in [-0.3, -0.25) is 0 Å². The molecule has 0 radical (unpaired) electrons. The zero-order chi connectivity index (χ0) is 63.2. The van der Waals surface area contributed by atoms with Crippen molar-refractivity contribution in [2.45, 2.75) is 215 Å². The van der Waals surface area contributed by atoms with Crippen molar-refractivity contribution in [2.75, 3.05) is 46.2 Å². The van der Waals surface area contributed by atoms with Crippen molar-refractivity contribution < 1.29 is 188 Å². The molecule has 38 heteroatoms. The minimum Gasteiger partial charge on any atom is -0.504 e. The van der Waals surface area contributed by atoms with E-state index in [2.05, 4.69) is 0 Å². The van der Waals surface area contributed by atoms with Gasteiger partial charge in [0.15, 0.2) is 55.5 Å². The molecule has 0 aliphatic carbocycles. The Morgan fingerprint density at radius 1 is 0.310 bits per heavy atom. The monoisotopic (exact) mass is 1270 g/mol. The van der Waals surface area contributed by atoms with Crippen molar-refractivity contribution in [3.8, 4) is 11.5 Å². The Morgan fingerprint density at radius 3 is 0.736 bits per heavy atom. The maximum absolute atomic E-state index is 13.3. The number of phenolic OH excluding ortho intramolecular Hbond substituents is 2. The summed E-state index contributed by atoms with van der Waals surface area (Å²) in [7, 11) is 0. The summed E-state index contributed by atoms with van der Waals surface area (Å²) in [5.74, 6) is -3.04. The van der Waals surface area contributed by atoms with Crippen LogP contribution in [0.4, 0.5) is 0 Å². The number of hydrogen-bond acceptors (Lipinski definition) is 38. The summed E-state index contributed by atoms with van der Waals surface area (Å²) in [6.45, 7) is -7.64. The highest BCUT2D eigenvalue weighted by Crippen LogP contribution is 2.39. The third-order valence-corrected chi connectivity index (χ3v) is 16.2. The lowest BCUT2D eigenvalue weighted by Gasteiger charge is -2.50. The molecule has 0 spiro atoms. The van der Waals surface area contributed by atoms with Crippen LogP contribution in [0.3, 0.4) is 0 Å². The maximum Gasteiger partial charge on any atom is 0.342 e. The molecular formula is C49H74O38. The first-order valence-corrected chi connectivity index (χ1v) is 27.4. The number of hydrogen-bond donors (Lipinski definition) is 22. The highest BCUT2D eigenvalue weighted by atomic mass is 16.8. The van der Waals surface area contributed by atoms with Gasteiger partial charge in [-0.05, 0) is 12.1 Å². The van der Waals surface area contributed by atoms with Crippen LogP contribution in [0.15, 0.2) is 18.2 Å². The predicted octanol–water partition coefficient (Wildman–Crippen LogP) is -14.0. The Labute approximate surface area is 489 Å². The van der Waals surface area contributed by atoms with Crippen molar-refractivity contribution in [3.05, 3.63) is 23.8 Å². The number of esters is 1. The number of benzene rings is 1. The molecule has 0 unspecified atom stereocenters. The van der Waals surface area contributed by atoms with E-state index in [0.717, 1.165) is 18.2 Å². The number of rotatable bonds is 9. The number of para-hydroxylation sites is 1. The van der Waals surface area contributed by atoms with Crippen molar-refractivity contribution in [3.63, 3.8) is 0 Å². The summed E-state index contributed by atoms with van der Waals surface area (Å²) in [6.07, 6.45) is -73.1. The van der Waals surface area contributed by atoms with Crippen LogP contribution in [0, 0.1) is 0 Å². The van der Waals surface area contributed by atoms with E-state index in [1.54, 1.807) is 0 Å². The second kappa shape index (κ2) is 28.8. The average molecular weight is 1270 g/mol. The third-order valence-electron chi connectivity index (χ3n) is 16.2. The number of phenols is 2. The normalized spacial score (nSPS) is 50.2. The summed E-state index contributed by atoms with van der Waals surface area (Å²) < 4.78 is 85.7. The van der Waals surface area contributed by atoms with E-state index in [1.165, 1.54) is 0 Å².